The van der Waals surface area contributed by atoms with Crippen molar-refractivity contribution in [2.45, 2.75) is 129 Å². The van der Waals surface area contributed by atoms with Crippen molar-refractivity contribution >= 4 is 5.97 Å². The minimum atomic E-state index is -0.452. The molecule has 1 N–H and O–H groups in total. The average Bonchev–Trinajstić information content (AvgIpc) is 3.25. The molecule has 7 nitrogen and oxygen atoms in total. The van der Waals surface area contributed by atoms with Crippen molar-refractivity contribution < 1.29 is 33.6 Å². The molecule has 3 aliphatic rings. The number of esters is 1. The van der Waals surface area contributed by atoms with E-state index in [1.807, 2.05) is 0 Å². The molecule has 1 aliphatic carbocycles. The van der Waals surface area contributed by atoms with Gasteiger partial charge in [-0.2, -0.15) is 0 Å². The third-order valence-corrected chi connectivity index (χ3v) is 8.34. The van der Waals surface area contributed by atoms with Crippen LogP contribution in [0.2, 0.25) is 0 Å². The molecule has 2 heterocycles. The van der Waals surface area contributed by atoms with Crippen LogP contribution in [-0.2, 0) is 28.5 Å². The number of carbonyl (C=O) groups excluding carboxylic acids is 1. The third kappa shape index (κ3) is 11.4. The van der Waals surface area contributed by atoms with Crippen molar-refractivity contribution in [1.82, 2.24) is 0 Å². The Hall–Kier alpha value is -1.51. The fraction of sp³-hybridized carbons (Fsp3) is 0.788. The first-order valence-corrected chi connectivity index (χ1v) is 15.6. The van der Waals surface area contributed by atoms with E-state index in [4.69, 9.17) is 23.7 Å². The number of rotatable bonds is 15. The van der Waals surface area contributed by atoms with Gasteiger partial charge in [-0.25, -0.2) is 0 Å². The maximum atomic E-state index is 11.4. The first kappa shape index (κ1) is 33.0. The van der Waals surface area contributed by atoms with E-state index in [2.05, 4.69) is 51.2 Å². The van der Waals surface area contributed by atoms with Gasteiger partial charge in [0.25, 0.3) is 0 Å². The number of aliphatic hydroxyl groups excluding tert-OH is 1. The molecule has 2 saturated heterocycles. The van der Waals surface area contributed by atoms with Crippen LogP contribution in [0.4, 0.5) is 0 Å². The summed E-state index contributed by atoms with van der Waals surface area (Å²) in [6.07, 6.45) is 20.5. The summed E-state index contributed by atoms with van der Waals surface area (Å²) in [6.45, 7) is 7.98. The van der Waals surface area contributed by atoms with Gasteiger partial charge in [-0.1, -0.05) is 42.9 Å². The smallest absolute Gasteiger partial charge is 0.305 e. The fourth-order valence-electron chi connectivity index (χ4n) is 5.84. The minimum Gasteiger partial charge on any atom is -0.469 e. The molecule has 0 spiro atoms. The van der Waals surface area contributed by atoms with Gasteiger partial charge in [0.1, 0.15) is 0 Å². The number of ether oxygens (including phenoxy) is 5. The largest absolute Gasteiger partial charge is 0.469 e. The molecule has 1 saturated carbocycles. The summed E-state index contributed by atoms with van der Waals surface area (Å²) in [7, 11) is 1.42. The highest BCUT2D eigenvalue weighted by atomic mass is 16.7. The first-order valence-electron chi connectivity index (χ1n) is 15.6. The predicted molar refractivity (Wildman–Crippen MR) is 157 cm³/mol. The Morgan fingerprint density at radius 2 is 1.77 bits per heavy atom. The van der Waals surface area contributed by atoms with Gasteiger partial charge in [-0.05, 0) is 89.9 Å². The van der Waals surface area contributed by atoms with Crippen molar-refractivity contribution in [3.05, 3.63) is 36.0 Å². The molecular weight excluding hydrogens is 508 g/mol. The van der Waals surface area contributed by atoms with E-state index in [0.717, 1.165) is 77.4 Å². The van der Waals surface area contributed by atoms with Crippen LogP contribution in [0.25, 0.3) is 0 Å². The summed E-state index contributed by atoms with van der Waals surface area (Å²) in [5.74, 6) is 0.205. The Kier molecular flexibility index (Phi) is 14.9. The van der Waals surface area contributed by atoms with E-state index in [1.54, 1.807) is 0 Å². The molecule has 0 radical (unpaired) electrons. The first-order chi connectivity index (χ1) is 19.4. The van der Waals surface area contributed by atoms with Crippen molar-refractivity contribution in [2.75, 3.05) is 20.3 Å². The fourth-order valence-corrected chi connectivity index (χ4v) is 5.84. The van der Waals surface area contributed by atoms with Crippen LogP contribution in [0.5, 0.6) is 0 Å². The quantitative estimate of drug-likeness (QED) is 0.136. The Balaban J connectivity index is 1.72. The SMILES string of the molecule is COC(=O)CCC/C=C\C[C@@H]1[C@@H](/C=C/[C@@H](OC2CCCCO2)C(C)CC=C(C)C)[C@H](OC2CCCCO2)C[C@H]1O. The molecule has 0 aromatic heterocycles. The molecule has 0 bridgehead atoms. The Morgan fingerprint density at radius 3 is 2.42 bits per heavy atom. The Bertz CT molecular complexity index is 806. The van der Waals surface area contributed by atoms with Crippen LogP contribution in [0.15, 0.2) is 36.0 Å². The number of unbranched alkanes of at least 4 members (excludes halogenated alkanes) is 1. The third-order valence-electron chi connectivity index (χ3n) is 8.34. The summed E-state index contributed by atoms with van der Waals surface area (Å²) in [4.78, 5) is 11.4. The second-order valence-corrected chi connectivity index (χ2v) is 12.0. The van der Waals surface area contributed by atoms with E-state index in [1.165, 1.54) is 12.7 Å². The summed E-state index contributed by atoms with van der Waals surface area (Å²) >= 11 is 0. The molecule has 8 atom stereocenters. The van der Waals surface area contributed by atoms with E-state index in [0.29, 0.717) is 12.8 Å². The van der Waals surface area contributed by atoms with Crippen molar-refractivity contribution in [3.63, 3.8) is 0 Å². The zero-order valence-corrected chi connectivity index (χ0v) is 25.3. The van der Waals surface area contributed by atoms with Crippen LogP contribution in [0.1, 0.15) is 97.8 Å². The molecule has 228 valence electrons. The summed E-state index contributed by atoms with van der Waals surface area (Å²) in [5, 5.41) is 11.1. The second-order valence-electron chi connectivity index (χ2n) is 12.0. The molecular formula is C33H54O7. The van der Waals surface area contributed by atoms with E-state index < -0.39 is 6.10 Å². The van der Waals surface area contributed by atoms with Gasteiger partial charge in [-0.15, -0.1) is 0 Å². The van der Waals surface area contributed by atoms with Gasteiger partial charge < -0.3 is 28.8 Å². The van der Waals surface area contributed by atoms with Crippen LogP contribution in [-0.4, -0.2) is 62.3 Å². The molecule has 3 rings (SSSR count). The molecule has 3 fully saturated rings. The number of allylic oxidation sites excluding steroid dienone is 4. The Labute approximate surface area is 242 Å². The summed E-state index contributed by atoms with van der Waals surface area (Å²) in [6, 6.07) is 0. The molecule has 2 aliphatic heterocycles. The van der Waals surface area contributed by atoms with Gasteiger partial charge in [0, 0.05) is 32.0 Å². The highest BCUT2D eigenvalue weighted by Gasteiger charge is 2.42. The lowest BCUT2D eigenvalue weighted by Crippen LogP contribution is -2.32. The lowest BCUT2D eigenvalue weighted by atomic mass is 9.88. The highest BCUT2D eigenvalue weighted by molar-refractivity contribution is 5.69. The average molecular weight is 563 g/mol. The zero-order valence-electron chi connectivity index (χ0n) is 25.3. The van der Waals surface area contributed by atoms with Crippen LogP contribution in [0.3, 0.4) is 0 Å². The topological polar surface area (TPSA) is 83.5 Å². The van der Waals surface area contributed by atoms with Gasteiger partial charge >= 0.3 is 5.97 Å². The second kappa shape index (κ2) is 18.1. The number of carbonyl (C=O) groups is 1. The predicted octanol–water partition coefficient (Wildman–Crippen LogP) is 6.65. The van der Waals surface area contributed by atoms with Crippen molar-refractivity contribution in [1.29, 1.82) is 0 Å². The van der Waals surface area contributed by atoms with Gasteiger partial charge in [0.2, 0.25) is 0 Å². The molecule has 7 heteroatoms. The van der Waals surface area contributed by atoms with Crippen LogP contribution in [0, 0.1) is 17.8 Å². The number of hydrogen-bond acceptors (Lipinski definition) is 7. The van der Waals surface area contributed by atoms with E-state index >= 15 is 0 Å². The van der Waals surface area contributed by atoms with E-state index in [9.17, 15) is 9.90 Å². The summed E-state index contributed by atoms with van der Waals surface area (Å²) < 4.78 is 29.6. The standard InChI is InChI=1S/C33H54O7/c1-24(2)17-18-25(3)29(39-32-15-9-11-21-37-32)20-19-27-26(13-7-5-6-8-14-31(35)36-4)28(34)23-30(27)40-33-16-10-12-22-38-33/h5,7,17,19-20,25-30,32-34H,6,8-16,18,21-23H2,1-4H3/b7-5-,20-19+/t25?,26-,27-,28-,29-,30-,32?,33?/m1/s1. The van der Waals surface area contributed by atoms with E-state index in [-0.39, 0.29) is 48.5 Å². The van der Waals surface area contributed by atoms with Crippen LogP contribution >= 0.6 is 0 Å². The van der Waals surface area contributed by atoms with Gasteiger partial charge in [0.15, 0.2) is 12.6 Å². The van der Waals surface area contributed by atoms with Crippen molar-refractivity contribution in [2.24, 2.45) is 17.8 Å². The minimum absolute atomic E-state index is 0.0429. The maximum absolute atomic E-state index is 11.4. The van der Waals surface area contributed by atoms with Gasteiger partial charge in [-0.3, -0.25) is 4.79 Å². The number of methoxy groups -OCH3 is 1. The summed E-state index contributed by atoms with van der Waals surface area (Å²) in [5.41, 5.74) is 1.31. The normalized spacial score (nSPS) is 30.9. The molecule has 0 amide bonds. The molecule has 40 heavy (non-hydrogen) atoms. The van der Waals surface area contributed by atoms with Crippen LogP contribution < -0.4 is 0 Å². The number of aliphatic hydroxyl groups is 1. The highest BCUT2D eigenvalue weighted by Crippen LogP contribution is 2.40. The van der Waals surface area contributed by atoms with Gasteiger partial charge in [0.05, 0.1) is 25.4 Å². The maximum Gasteiger partial charge on any atom is 0.305 e. The zero-order chi connectivity index (χ0) is 28.7. The molecule has 0 aromatic carbocycles. The lowest BCUT2D eigenvalue weighted by Gasteiger charge is -2.31. The number of hydrogen-bond donors (Lipinski definition) is 1. The molecule has 0 aromatic rings. The Morgan fingerprint density at radius 1 is 1.05 bits per heavy atom. The van der Waals surface area contributed by atoms with Crippen molar-refractivity contribution in [3.8, 4) is 0 Å². The monoisotopic (exact) mass is 562 g/mol. The molecule has 3 unspecified atom stereocenters. The lowest BCUT2D eigenvalue weighted by molar-refractivity contribution is -0.193.